The van der Waals surface area contributed by atoms with Crippen LogP contribution in [0.5, 0.6) is 0 Å². The predicted molar refractivity (Wildman–Crippen MR) is 52.0 cm³/mol. The van der Waals surface area contributed by atoms with Gasteiger partial charge in [0.1, 0.15) is 5.82 Å². The maximum atomic E-state index is 13.2. The second kappa shape index (κ2) is 3.34. The van der Waals surface area contributed by atoms with Gasteiger partial charge in [-0.25, -0.2) is 9.18 Å². The minimum absolute atomic E-state index is 0.0235. The number of aryl methyl sites for hydroxylation is 1. The number of methoxy groups -OCH3 is 1. The number of hydrogen-bond acceptors (Lipinski definition) is 3. The highest BCUT2D eigenvalue weighted by Gasteiger charge is 2.16. The number of nitrogens with zero attached hydrogens (tertiary/aromatic N) is 2. The van der Waals surface area contributed by atoms with Crippen molar-refractivity contribution in [3.63, 3.8) is 0 Å². The number of aromatic nitrogens is 2. The van der Waals surface area contributed by atoms with E-state index >= 15 is 0 Å². The van der Waals surface area contributed by atoms with Gasteiger partial charge < -0.3 is 4.74 Å². The summed E-state index contributed by atoms with van der Waals surface area (Å²) in [7, 11) is 1.16. The Kier molecular flexibility index (Phi) is 1.46. The second-order valence-corrected chi connectivity index (χ2v) is 2.91. The monoisotopic (exact) mass is 211 g/mol. The van der Waals surface area contributed by atoms with Crippen LogP contribution >= 0.6 is 0 Å². The highest BCUT2D eigenvalue weighted by molar-refractivity contribution is 6.02. The minimum atomic E-state index is -2.60. The Hall–Kier alpha value is -1.91. The van der Waals surface area contributed by atoms with Crippen LogP contribution in [0.2, 0.25) is 0 Å². The molecule has 0 aliphatic carbocycles. The summed E-state index contributed by atoms with van der Waals surface area (Å²) in [5.74, 6) is -1.38. The zero-order valence-electron chi connectivity index (χ0n) is 10.8. The van der Waals surface area contributed by atoms with Gasteiger partial charge >= 0.3 is 5.97 Å². The summed E-state index contributed by atoms with van der Waals surface area (Å²) in [5, 5.41) is 3.92. The molecular formula is C10H9FN2O2. The summed E-state index contributed by atoms with van der Waals surface area (Å²) in [6, 6.07) is 3.44. The maximum Gasteiger partial charge on any atom is 0.359 e. The van der Waals surface area contributed by atoms with Crippen LogP contribution < -0.4 is 0 Å². The van der Waals surface area contributed by atoms with Gasteiger partial charge in [-0.3, -0.25) is 4.68 Å². The average Bonchev–Trinajstić information content (AvgIpc) is 2.66. The lowest BCUT2D eigenvalue weighted by molar-refractivity contribution is 0.0595. The fraction of sp³-hybridized carbons (Fsp3) is 0.200. The number of esters is 1. The number of carbonyl (C=O) groups is 1. The Morgan fingerprint density at radius 2 is 2.47 bits per heavy atom. The molecule has 0 unspecified atom stereocenters. The van der Waals surface area contributed by atoms with E-state index in [1.165, 1.54) is 6.07 Å². The summed E-state index contributed by atoms with van der Waals surface area (Å²) in [6.07, 6.45) is 0. The Bertz CT molecular complexity index is 621. The molecular weight excluding hydrogens is 199 g/mol. The first-order valence-corrected chi connectivity index (χ1v) is 4.11. The third-order valence-corrected chi connectivity index (χ3v) is 2.02. The molecule has 0 aliphatic heterocycles. The van der Waals surface area contributed by atoms with Crippen molar-refractivity contribution in [3.8, 4) is 0 Å². The number of hydrogen-bond donors (Lipinski definition) is 0. The van der Waals surface area contributed by atoms with Crippen molar-refractivity contribution in [3.05, 3.63) is 29.7 Å². The number of benzene rings is 1. The van der Waals surface area contributed by atoms with Crippen LogP contribution in [0.4, 0.5) is 4.39 Å². The number of carbonyl (C=O) groups excluding carboxylic acids is 1. The van der Waals surface area contributed by atoms with E-state index in [0.29, 0.717) is 4.68 Å². The zero-order chi connectivity index (χ0) is 13.5. The van der Waals surface area contributed by atoms with Crippen LogP contribution in [-0.4, -0.2) is 22.9 Å². The van der Waals surface area contributed by atoms with Gasteiger partial charge in [0.05, 0.1) is 12.6 Å². The van der Waals surface area contributed by atoms with E-state index in [1.807, 2.05) is 0 Å². The Labute approximate surface area is 89.5 Å². The molecule has 15 heavy (non-hydrogen) atoms. The average molecular weight is 211 g/mol. The lowest BCUT2D eigenvalue weighted by atomic mass is 10.2. The molecule has 0 bridgehead atoms. The van der Waals surface area contributed by atoms with E-state index in [4.69, 9.17) is 4.11 Å². The molecule has 0 aliphatic rings. The van der Waals surface area contributed by atoms with Crippen molar-refractivity contribution < 1.29 is 18.0 Å². The molecule has 2 rings (SSSR count). The highest BCUT2D eigenvalue weighted by Crippen LogP contribution is 2.19. The van der Waals surface area contributed by atoms with Gasteiger partial charge in [0.25, 0.3) is 0 Å². The molecule has 4 nitrogen and oxygen atoms in total. The molecule has 0 amide bonds. The molecule has 1 aromatic heterocycles. The molecule has 0 spiro atoms. The van der Waals surface area contributed by atoms with Crippen LogP contribution in [0.15, 0.2) is 18.2 Å². The summed E-state index contributed by atoms with van der Waals surface area (Å²) in [5.41, 5.74) is -0.126. The quantitative estimate of drug-likeness (QED) is 0.671. The molecule has 2 aromatic rings. The van der Waals surface area contributed by atoms with Crippen molar-refractivity contribution in [1.29, 1.82) is 0 Å². The third-order valence-electron chi connectivity index (χ3n) is 2.02. The molecule has 0 N–H and O–H groups in total. The first-order chi connectivity index (χ1) is 8.34. The molecule has 0 atom stereocenters. The van der Waals surface area contributed by atoms with Gasteiger partial charge in [-0.05, 0) is 18.2 Å². The lowest BCUT2D eigenvalue weighted by Crippen LogP contribution is -2.03. The third kappa shape index (κ3) is 1.45. The van der Waals surface area contributed by atoms with Crippen molar-refractivity contribution in [2.45, 2.75) is 0 Å². The number of halogens is 1. The van der Waals surface area contributed by atoms with Crippen LogP contribution in [0.25, 0.3) is 10.9 Å². The highest BCUT2D eigenvalue weighted by atomic mass is 19.1. The number of rotatable bonds is 1. The van der Waals surface area contributed by atoms with Crippen LogP contribution in [0.3, 0.4) is 0 Å². The first-order valence-electron chi connectivity index (χ1n) is 5.61. The smallest absolute Gasteiger partial charge is 0.359 e. The van der Waals surface area contributed by atoms with E-state index in [-0.39, 0.29) is 16.6 Å². The summed E-state index contributed by atoms with van der Waals surface area (Å²) in [4.78, 5) is 11.5. The summed E-state index contributed by atoms with van der Waals surface area (Å²) < 4.78 is 40.2. The molecule has 1 heterocycles. The van der Waals surface area contributed by atoms with E-state index in [9.17, 15) is 9.18 Å². The predicted octanol–water partition coefficient (Wildman–Crippen LogP) is 1.50. The first kappa shape index (κ1) is 6.55. The van der Waals surface area contributed by atoms with Crippen molar-refractivity contribution >= 4 is 16.9 Å². The summed E-state index contributed by atoms with van der Waals surface area (Å²) in [6.45, 7) is -2.60. The van der Waals surface area contributed by atoms with Gasteiger partial charge in [-0.15, -0.1) is 0 Å². The Balaban J connectivity index is 2.79. The standard InChI is InChI=1S/C10H9FN2O2/c1-13-8-5-6(11)3-4-7(8)9(12-13)10(14)15-2/h3-5H,1-2H3/i1D3. The SMILES string of the molecule is [2H]C([2H])([2H])n1nc(C(=O)OC)c2ccc(F)cc21. The van der Waals surface area contributed by atoms with E-state index in [2.05, 4.69) is 9.84 Å². The topological polar surface area (TPSA) is 44.1 Å². The molecule has 78 valence electrons. The van der Waals surface area contributed by atoms with Gasteiger partial charge in [-0.2, -0.15) is 5.10 Å². The van der Waals surface area contributed by atoms with Crippen molar-refractivity contribution in [1.82, 2.24) is 9.78 Å². The van der Waals surface area contributed by atoms with Crippen LogP contribution in [0, 0.1) is 5.82 Å². The van der Waals surface area contributed by atoms with Crippen molar-refractivity contribution in [2.75, 3.05) is 7.11 Å². The molecule has 0 fully saturated rings. The molecule has 0 saturated carbocycles. The van der Waals surface area contributed by atoms with Gasteiger partial charge in [0, 0.05) is 16.5 Å². The Morgan fingerprint density at radius 1 is 1.67 bits per heavy atom. The molecule has 1 aromatic carbocycles. The normalized spacial score (nSPS) is 14.4. The van der Waals surface area contributed by atoms with Crippen molar-refractivity contribution in [2.24, 2.45) is 6.98 Å². The zero-order valence-corrected chi connectivity index (χ0v) is 7.82. The molecule has 5 heteroatoms. The van der Waals surface area contributed by atoms with Gasteiger partial charge in [0.2, 0.25) is 0 Å². The van der Waals surface area contributed by atoms with Gasteiger partial charge in [0.15, 0.2) is 5.69 Å². The number of ether oxygens (including phenoxy) is 1. The molecule has 0 saturated heterocycles. The fourth-order valence-electron chi connectivity index (χ4n) is 1.34. The van der Waals surface area contributed by atoms with E-state index < -0.39 is 18.8 Å². The van der Waals surface area contributed by atoms with E-state index in [1.54, 1.807) is 0 Å². The fourth-order valence-corrected chi connectivity index (χ4v) is 1.34. The van der Waals surface area contributed by atoms with Crippen LogP contribution in [-0.2, 0) is 11.7 Å². The Morgan fingerprint density at radius 3 is 3.13 bits per heavy atom. The molecule has 0 radical (unpaired) electrons. The minimum Gasteiger partial charge on any atom is -0.464 e. The summed E-state index contributed by atoms with van der Waals surface area (Å²) >= 11 is 0. The van der Waals surface area contributed by atoms with E-state index in [0.717, 1.165) is 19.2 Å². The number of fused-ring (bicyclic) bond motifs is 1. The second-order valence-electron chi connectivity index (χ2n) is 2.91. The largest absolute Gasteiger partial charge is 0.464 e. The van der Waals surface area contributed by atoms with Gasteiger partial charge in [-0.1, -0.05) is 0 Å². The van der Waals surface area contributed by atoms with Crippen LogP contribution in [0.1, 0.15) is 14.6 Å². The lowest BCUT2D eigenvalue weighted by Gasteiger charge is -1.94. The maximum absolute atomic E-state index is 13.2.